The summed E-state index contributed by atoms with van der Waals surface area (Å²) >= 11 is 7.03. The van der Waals surface area contributed by atoms with Crippen LogP contribution in [0.5, 0.6) is 5.75 Å². The molecule has 1 aliphatic carbocycles. The van der Waals surface area contributed by atoms with Gasteiger partial charge in [0, 0.05) is 9.80 Å². The molecule has 0 aliphatic heterocycles. The van der Waals surface area contributed by atoms with Crippen molar-refractivity contribution in [1.29, 1.82) is 0 Å². The van der Waals surface area contributed by atoms with Crippen molar-refractivity contribution in [3.63, 3.8) is 0 Å². The van der Waals surface area contributed by atoms with Gasteiger partial charge in [-0.25, -0.2) is 0 Å². The number of carbonyl (C=O) groups is 1. The number of alkyl halides is 1. The zero-order valence-electron chi connectivity index (χ0n) is 12.4. The summed E-state index contributed by atoms with van der Waals surface area (Å²) in [6.45, 7) is 2.28. The van der Waals surface area contributed by atoms with Crippen molar-refractivity contribution >= 4 is 37.8 Å². The Labute approximate surface area is 143 Å². The van der Waals surface area contributed by atoms with Crippen molar-refractivity contribution in [2.45, 2.75) is 38.1 Å². The van der Waals surface area contributed by atoms with Gasteiger partial charge in [0.05, 0.1) is 18.2 Å². The predicted molar refractivity (Wildman–Crippen MR) is 92.3 cm³/mol. The van der Waals surface area contributed by atoms with Crippen LogP contribution in [0, 0.1) is 5.92 Å². The van der Waals surface area contributed by atoms with Crippen molar-refractivity contribution in [1.82, 2.24) is 5.32 Å². The Balaban J connectivity index is 2.16. The molecule has 0 unspecified atom stereocenters. The summed E-state index contributed by atoms with van der Waals surface area (Å²) in [7, 11) is 1.60. The first-order valence-electron chi connectivity index (χ1n) is 7.22. The highest BCUT2D eigenvalue weighted by molar-refractivity contribution is 9.10. The number of ether oxygens (including phenoxy) is 1. The molecule has 0 saturated heterocycles. The van der Waals surface area contributed by atoms with Crippen molar-refractivity contribution in [3.8, 4) is 5.75 Å². The van der Waals surface area contributed by atoms with Gasteiger partial charge in [0.1, 0.15) is 5.75 Å². The third-order valence-corrected chi connectivity index (χ3v) is 6.05. The molecule has 1 N–H and O–H groups in total. The van der Waals surface area contributed by atoms with Crippen LogP contribution in [-0.2, 0) is 0 Å². The Hall–Kier alpha value is -0.550. The zero-order chi connectivity index (χ0) is 15.5. The van der Waals surface area contributed by atoms with E-state index in [-0.39, 0.29) is 11.4 Å². The van der Waals surface area contributed by atoms with E-state index in [0.717, 1.165) is 41.4 Å². The molecule has 116 valence electrons. The Bertz CT molecular complexity index is 511. The fourth-order valence-electron chi connectivity index (χ4n) is 2.72. The fourth-order valence-corrected chi connectivity index (χ4v) is 3.85. The summed E-state index contributed by atoms with van der Waals surface area (Å²) in [4.78, 5) is 12.6. The van der Waals surface area contributed by atoms with Crippen LogP contribution in [0.3, 0.4) is 0 Å². The van der Waals surface area contributed by atoms with Gasteiger partial charge >= 0.3 is 0 Å². The molecule has 1 aromatic rings. The zero-order valence-corrected chi connectivity index (χ0v) is 15.6. The summed E-state index contributed by atoms with van der Waals surface area (Å²) in [6.07, 6.45) is 4.36. The highest BCUT2D eigenvalue weighted by atomic mass is 79.9. The van der Waals surface area contributed by atoms with Gasteiger partial charge in [0.15, 0.2) is 0 Å². The maximum absolute atomic E-state index is 12.6. The van der Waals surface area contributed by atoms with Gasteiger partial charge in [-0.15, -0.1) is 0 Å². The minimum Gasteiger partial charge on any atom is -0.497 e. The lowest BCUT2D eigenvalue weighted by atomic mass is 9.78. The minimum absolute atomic E-state index is 0.0465. The van der Waals surface area contributed by atoms with Crippen LogP contribution < -0.4 is 10.1 Å². The van der Waals surface area contributed by atoms with E-state index in [9.17, 15) is 4.79 Å². The van der Waals surface area contributed by atoms with Gasteiger partial charge in [0.2, 0.25) is 0 Å². The number of nitrogens with one attached hydrogen (secondary N) is 1. The molecule has 0 heterocycles. The monoisotopic (exact) mass is 417 g/mol. The normalized spacial score (nSPS) is 25.4. The molecule has 1 fully saturated rings. The van der Waals surface area contributed by atoms with E-state index in [4.69, 9.17) is 4.74 Å². The molecule has 0 atom stereocenters. The first-order chi connectivity index (χ1) is 9.99. The third-order valence-electron chi connectivity index (χ3n) is 4.28. The molecular formula is C16H21Br2NO2. The van der Waals surface area contributed by atoms with Crippen LogP contribution in [0.25, 0.3) is 0 Å². The highest BCUT2D eigenvalue weighted by Crippen LogP contribution is 2.34. The number of hydrogen-bond acceptors (Lipinski definition) is 2. The lowest BCUT2D eigenvalue weighted by molar-refractivity contribution is 0.0873. The number of amides is 1. The molecule has 5 heteroatoms. The topological polar surface area (TPSA) is 38.3 Å². The predicted octanol–water partition coefficient (Wildman–Crippen LogP) is 4.53. The Morgan fingerprint density at radius 1 is 1.43 bits per heavy atom. The smallest absolute Gasteiger partial charge is 0.253 e. The molecule has 21 heavy (non-hydrogen) atoms. The van der Waals surface area contributed by atoms with Gasteiger partial charge in [-0.2, -0.15) is 0 Å². The van der Waals surface area contributed by atoms with E-state index in [1.165, 1.54) is 0 Å². The average molecular weight is 419 g/mol. The summed E-state index contributed by atoms with van der Waals surface area (Å²) < 4.78 is 5.99. The van der Waals surface area contributed by atoms with Crippen molar-refractivity contribution in [3.05, 3.63) is 28.2 Å². The van der Waals surface area contributed by atoms with E-state index in [1.54, 1.807) is 13.2 Å². The van der Waals surface area contributed by atoms with Crippen molar-refractivity contribution in [2.75, 3.05) is 12.4 Å². The van der Waals surface area contributed by atoms with Gasteiger partial charge in [-0.1, -0.05) is 22.9 Å². The van der Waals surface area contributed by atoms with Crippen LogP contribution in [0.1, 0.15) is 43.0 Å². The van der Waals surface area contributed by atoms with Crippen LogP contribution in [0.15, 0.2) is 22.7 Å². The van der Waals surface area contributed by atoms with Crippen LogP contribution in [0.2, 0.25) is 0 Å². The van der Waals surface area contributed by atoms with E-state index < -0.39 is 0 Å². The van der Waals surface area contributed by atoms with Gasteiger partial charge in [0.25, 0.3) is 5.91 Å². The number of carbonyl (C=O) groups excluding carboxylic acids is 1. The molecule has 1 aromatic carbocycles. The maximum atomic E-state index is 12.6. The highest BCUT2D eigenvalue weighted by Gasteiger charge is 2.35. The summed E-state index contributed by atoms with van der Waals surface area (Å²) in [6, 6.07) is 5.45. The standard InChI is InChI=1S/C16H21Br2NO2/c1-11-5-7-16(10-17,8-6-11)19-15(20)13-9-12(21-2)3-4-14(13)18/h3-4,9,11H,5-8,10H2,1-2H3,(H,19,20). The molecule has 0 radical (unpaired) electrons. The maximum Gasteiger partial charge on any atom is 0.253 e. The van der Waals surface area contributed by atoms with Crippen molar-refractivity contribution in [2.24, 2.45) is 5.92 Å². The first-order valence-corrected chi connectivity index (χ1v) is 9.13. The lowest BCUT2D eigenvalue weighted by Crippen LogP contribution is -2.52. The SMILES string of the molecule is COc1ccc(Br)c(C(=O)NC2(CBr)CCC(C)CC2)c1. The number of rotatable bonds is 4. The Morgan fingerprint density at radius 3 is 2.67 bits per heavy atom. The second-order valence-corrected chi connectivity index (χ2v) is 7.31. The Morgan fingerprint density at radius 2 is 2.10 bits per heavy atom. The molecule has 0 bridgehead atoms. The lowest BCUT2D eigenvalue weighted by Gasteiger charge is -2.39. The molecule has 1 amide bonds. The van der Waals surface area contributed by atoms with E-state index in [1.807, 2.05) is 12.1 Å². The average Bonchev–Trinajstić information content (AvgIpc) is 2.50. The molecule has 2 rings (SSSR count). The van der Waals surface area contributed by atoms with Gasteiger partial charge < -0.3 is 10.1 Å². The number of halogens is 2. The first kappa shape index (κ1) is 16.8. The fraction of sp³-hybridized carbons (Fsp3) is 0.562. The third kappa shape index (κ3) is 4.01. The van der Waals surface area contributed by atoms with Crippen LogP contribution in [-0.4, -0.2) is 23.9 Å². The van der Waals surface area contributed by atoms with Gasteiger partial charge in [-0.05, 0) is 65.7 Å². The number of methoxy groups -OCH3 is 1. The Kier molecular flexibility index (Phi) is 5.72. The number of benzene rings is 1. The van der Waals surface area contributed by atoms with Crippen molar-refractivity contribution < 1.29 is 9.53 Å². The van der Waals surface area contributed by atoms with Crippen LogP contribution >= 0.6 is 31.9 Å². The second kappa shape index (κ2) is 7.14. The number of hydrogen-bond donors (Lipinski definition) is 1. The molecule has 3 nitrogen and oxygen atoms in total. The quantitative estimate of drug-likeness (QED) is 0.729. The summed E-state index contributed by atoms with van der Waals surface area (Å²) in [5.41, 5.74) is 0.486. The molecule has 0 spiro atoms. The molecule has 0 aromatic heterocycles. The van der Waals surface area contributed by atoms with Gasteiger partial charge in [-0.3, -0.25) is 4.79 Å². The molecular weight excluding hydrogens is 398 g/mol. The largest absolute Gasteiger partial charge is 0.497 e. The van der Waals surface area contributed by atoms with E-state index in [0.29, 0.717) is 11.3 Å². The minimum atomic E-state index is -0.133. The second-order valence-electron chi connectivity index (χ2n) is 5.90. The molecule has 1 aliphatic rings. The summed E-state index contributed by atoms with van der Waals surface area (Å²) in [5.74, 6) is 1.39. The summed E-state index contributed by atoms with van der Waals surface area (Å²) in [5, 5.41) is 4.03. The van der Waals surface area contributed by atoms with Crippen LogP contribution in [0.4, 0.5) is 0 Å². The van der Waals surface area contributed by atoms with E-state index in [2.05, 4.69) is 44.1 Å². The van der Waals surface area contributed by atoms with E-state index >= 15 is 0 Å². The molecule has 1 saturated carbocycles.